The zero-order valence-electron chi connectivity index (χ0n) is 11.4. The highest BCUT2D eigenvalue weighted by Crippen LogP contribution is 2.25. The van der Waals surface area contributed by atoms with Gasteiger partial charge in [-0.1, -0.05) is 0 Å². The third kappa shape index (κ3) is 2.72. The number of aromatic amines is 1. The molecule has 3 heterocycles. The fourth-order valence-electron chi connectivity index (χ4n) is 2.50. The predicted octanol–water partition coefficient (Wildman–Crippen LogP) is 1.15. The molecule has 1 saturated heterocycles. The first kappa shape index (κ1) is 13.6. The standard InChI is InChI=1S/C12H16N6O3/c13-6-8-2-1-5-17(7-8)12-14-11(15-16-12)9-3-4-10(21-9)18(19)20/h3-4,8H,1-2,5-7,13H2,(H,14,15,16). The Bertz CT molecular complexity index is 636. The molecule has 1 atom stereocenters. The van der Waals surface area contributed by atoms with Crippen molar-refractivity contribution in [1.82, 2.24) is 15.2 Å². The number of nitro groups is 1. The number of hydrogen-bond acceptors (Lipinski definition) is 7. The monoisotopic (exact) mass is 292 g/mol. The van der Waals surface area contributed by atoms with Crippen molar-refractivity contribution in [3.05, 3.63) is 22.2 Å². The van der Waals surface area contributed by atoms with Crippen molar-refractivity contribution in [3.8, 4) is 11.6 Å². The molecule has 1 fully saturated rings. The van der Waals surface area contributed by atoms with E-state index in [1.807, 2.05) is 0 Å². The molecule has 0 aromatic carbocycles. The zero-order valence-corrected chi connectivity index (χ0v) is 11.4. The van der Waals surface area contributed by atoms with Crippen molar-refractivity contribution < 1.29 is 9.34 Å². The van der Waals surface area contributed by atoms with Crippen molar-refractivity contribution in [3.63, 3.8) is 0 Å². The molecule has 1 aliphatic rings. The number of nitrogens with zero attached hydrogens (tertiary/aromatic N) is 4. The summed E-state index contributed by atoms with van der Waals surface area (Å²) in [6.07, 6.45) is 2.17. The molecule has 2 aromatic rings. The molecule has 9 nitrogen and oxygen atoms in total. The lowest BCUT2D eigenvalue weighted by Crippen LogP contribution is -2.38. The summed E-state index contributed by atoms with van der Waals surface area (Å²) >= 11 is 0. The zero-order chi connectivity index (χ0) is 14.8. The summed E-state index contributed by atoms with van der Waals surface area (Å²) in [7, 11) is 0. The van der Waals surface area contributed by atoms with Gasteiger partial charge in [0.2, 0.25) is 5.95 Å². The van der Waals surface area contributed by atoms with E-state index in [0.29, 0.717) is 30.0 Å². The first-order valence-electron chi connectivity index (χ1n) is 6.79. The minimum Gasteiger partial charge on any atom is -0.397 e. The van der Waals surface area contributed by atoms with E-state index in [-0.39, 0.29) is 5.88 Å². The summed E-state index contributed by atoms with van der Waals surface area (Å²) in [6, 6.07) is 2.80. The van der Waals surface area contributed by atoms with Gasteiger partial charge in [-0.15, -0.1) is 5.10 Å². The SMILES string of the molecule is NCC1CCCN(c2n[nH]c(-c3ccc([N+](=O)[O-])o3)n2)C1. The Morgan fingerprint density at radius 3 is 3.14 bits per heavy atom. The summed E-state index contributed by atoms with van der Waals surface area (Å²) in [5.41, 5.74) is 5.72. The Morgan fingerprint density at radius 1 is 1.57 bits per heavy atom. The van der Waals surface area contributed by atoms with E-state index in [4.69, 9.17) is 10.2 Å². The maximum Gasteiger partial charge on any atom is 0.433 e. The van der Waals surface area contributed by atoms with Crippen molar-refractivity contribution in [1.29, 1.82) is 0 Å². The number of anilines is 1. The lowest BCUT2D eigenvalue weighted by molar-refractivity contribution is -0.401. The minimum atomic E-state index is -0.586. The molecule has 9 heteroatoms. The van der Waals surface area contributed by atoms with Crippen LogP contribution in [0, 0.1) is 16.0 Å². The number of aromatic nitrogens is 3. The molecule has 21 heavy (non-hydrogen) atoms. The van der Waals surface area contributed by atoms with Crippen molar-refractivity contribution in [2.45, 2.75) is 12.8 Å². The van der Waals surface area contributed by atoms with Crippen LogP contribution in [0.15, 0.2) is 16.5 Å². The predicted molar refractivity (Wildman–Crippen MR) is 74.7 cm³/mol. The Morgan fingerprint density at radius 2 is 2.43 bits per heavy atom. The molecule has 0 radical (unpaired) electrons. The van der Waals surface area contributed by atoms with E-state index in [1.165, 1.54) is 12.1 Å². The molecular weight excluding hydrogens is 276 g/mol. The molecular formula is C12H16N6O3. The highest BCUT2D eigenvalue weighted by atomic mass is 16.6. The van der Waals surface area contributed by atoms with E-state index in [2.05, 4.69) is 20.1 Å². The third-order valence-electron chi connectivity index (χ3n) is 3.61. The van der Waals surface area contributed by atoms with E-state index >= 15 is 0 Å². The van der Waals surface area contributed by atoms with Crippen molar-refractivity contribution >= 4 is 11.8 Å². The summed E-state index contributed by atoms with van der Waals surface area (Å²) in [5, 5.41) is 17.5. The fourth-order valence-corrected chi connectivity index (χ4v) is 2.50. The summed E-state index contributed by atoms with van der Waals surface area (Å²) in [6.45, 7) is 2.36. The molecule has 0 saturated carbocycles. The van der Waals surface area contributed by atoms with Crippen LogP contribution in [-0.4, -0.2) is 39.7 Å². The van der Waals surface area contributed by atoms with Gasteiger partial charge in [-0.05, 0) is 31.4 Å². The topological polar surface area (TPSA) is 127 Å². The first-order chi connectivity index (χ1) is 10.2. The molecule has 0 aliphatic carbocycles. The Balaban J connectivity index is 1.77. The molecule has 1 unspecified atom stereocenters. The van der Waals surface area contributed by atoms with Gasteiger partial charge in [0.1, 0.15) is 4.92 Å². The smallest absolute Gasteiger partial charge is 0.397 e. The van der Waals surface area contributed by atoms with Gasteiger partial charge in [0, 0.05) is 13.1 Å². The molecule has 112 valence electrons. The molecule has 0 spiro atoms. The first-order valence-corrected chi connectivity index (χ1v) is 6.79. The number of furan rings is 1. The van der Waals surface area contributed by atoms with Gasteiger partial charge in [-0.2, -0.15) is 4.98 Å². The van der Waals surface area contributed by atoms with Crippen LogP contribution in [0.4, 0.5) is 11.8 Å². The maximum absolute atomic E-state index is 10.6. The van der Waals surface area contributed by atoms with Crippen LogP contribution in [0.1, 0.15) is 12.8 Å². The number of rotatable bonds is 4. The van der Waals surface area contributed by atoms with Gasteiger partial charge in [-0.3, -0.25) is 15.2 Å². The summed E-state index contributed by atoms with van der Waals surface area (Å²) < 4.78 is 5.10. The summed E-state index contributed by atoms with van der Waals surface area (Å²) in [4.78, 5) is 16.4. The number of nitrogens with two attached hydrogens (primary N) is 1. The number of hydrogen-bond donors (Lipinski definition) is 2. The molecule has 1 aliphatic heterocycles. The highest BCUT2D eigenvalue weighted by molar-refractivity contribution is 5.51. The van der Waals surface area contributed by atoms with Crippen LogP contribution < -0.4 is 10.6 Å². The lowest BCUT2D eigenvalue weighted by atomic mass is 9.99. The van der Waals surface area contributed by atoms with Crippen molar-refractivity contribution in [2.24, 2.45) is 11.7 Å². The average Bonchev–Trinajstić information content (AvgIpc) is 3.16. The second-order valence-corrected chi connectivity index (χ2v) is 5.07. The van der Waals surface area contributed by atoms with Crippen LogP contribution >= 0.6 is 0 Å². The molecule has 2 aromatic heterocycles. The number of nitrogens with one attached hydrogen (secondary N) is 1. The molecule has 3 N–H and O–H groups in total. The second kappa shape index (κ2) is 5.52. The quantitative estimate of drug-likeness (QED) is 0.639. The molecule has 0 amide bonds. The molecule has 0 bridgehead atoms. The Hall–Kier alpha value is -2.42. The summed E-state index contributed by atoms with van der Waals surface area (Å²) in [5.74, 6) is 1.39. The van der Waals surface area contributed by atoms with Crippen LogP contribution in [0.2, 0.25) is 0 Å². The molecule has 3 rings (SSSR count). The normalized spacial score (nSPS) is 18.9. The fraction of sp³-hybridized carbons (Fsp3) is 0.500. The van der Waals surface area contributed by atoms with Crippen LogP contribution in [0.3, 0.4) is 0 Å². The van der Waals surface area contributed by atoms with Gasteiger partial charge in [-0.25, -0.2) is 0 Å². The number of piperidine rings is 1. The Labute approximate surface area is 120 Å². The van der Waals surface area contributed by atoms with Gasteiger partial charge < -0.3 is 15.1 Å². The lowest BCUT2D eigenvalue weighted by Gasteiger charge is -2.31. The number of H-pyrrole nitrogens is 1. The average molecular weight is 292 g/mol. The van der Waals surface area contributed by atoms with Crippen LogP contribution in [0.5, 0.6) is 0 Å². The van der Waals surface area contributed by atoms with E-state index in [1.54, 1.807) is 0 Å². The van der Waals surface area contributed by atoms with Gasteiger partial charge in [0.15, 0.2) is 11.6 Å². The van der Waals surface area contributed by atoms with Gasteiger partial charge in [0.25, 0.3) is 0 Å². The minimum absolute atomic E-state index is 0.299. The maximum atomic E-state index is 10.6. The Kier molecular flexibility index (Phi) is 3.57. The largest absolute Gasteiger partial charge is 0.433 e. The van der Waals surface area contributed by atoms with Gasteiger partial charge in [0.05, 0.1) is 6.07 Å². The van der Waals surface area contributed by atoms with Crippen molar-refractivity contribution in [2.75, 3.05) is 24.5 Å². The van der Waals surface area contributed by atoms with Gasteiger partial charge >= 0.3 is 5.88 Å². The van der Waals surface area contributed by atoms with E-state index < -0.39 is 4.92 Å². The van der Waals surface area contributed by atoms with Crippen LogP contribution in [-0.2, 0) is 0 Å². The highest BCUT2D eigenvalue weighted by Gasteiger charge is 2.23. The van der Waals surface area contributed by atoms with E-state index in [0.717, 1.165) is 25.9 Å². The van der Waals surface area contributed by atoms with Crippen LogP contribution in [0.25, 0.3) is 11.6 Å². The second-order valence-electron chi connectivity index (χ2n) is 5.07. The third-order valence-corrected chi connectivity index (χ3v) is 3.61. The van der Waals surface area contributed by atoms with E-state index in [9.17, 15) is 10.1 Å².